The fraction of sp³-hybridized carbons (Fsp3) is 0.318. The molecule has 0 aliphatic carbocycles. The summed E-state index contributed by atoms with van der Waals surface area (Å²) in [6, 6.07) is 7.71. The van der Waals surface area contributed by atoms with Crippen LogP contribution in [0.5, 0.6) is 11.5 Å². The summed E-state index contributed by atoms with van der Waals surface area (Å²) in [7, 11) is 1.58. The van der Waals surface area contributed by atoms with E-state index >= 15 is 0 Å². The molecule has 156 valence electrons. The number of carbonyl (C=O) groups is 2. The zero-order chi connectivity index (χ0) is 21.1. The minimum atomic E-state index is -0.733. The number of ketones is 1. The second-order valence-electron chi connectivity index (χ2n) is 6.98. The first-order valence-electron chi connectivity index (χ1n) is 9.69. The third-order valence-electron chi connectivity index (χ3n) is 5.10. The van der Waals surface area contributed by atoms with Crippen LogP contribution in [0.4, 0.5) is 0 Å². The Morgan fingerprint density at radius 1 is 1.23 bits per heavy atom. The van der Waals surface area contributed by atoms with Gasteiger partial charge in [-0.3, -0.25) is 14.6 Å². The number of carbonyl (C=O) groups excluding carboxylic acids is 2. The molecule has 1 amide bonds. The average Bonchev–Trinajstić information content (AvgIpc) is 3.04. The van der Waals surface area contributed by atoms with Crippen LogP contribution < -0.4 is 9.47 Å². The Morgan fingerprint density at radius 2 is 2.03 bits per heavy atom. The number of rotatable bonds is 6. The number of benzene rings is 1. The van der Waals surface area contributed by atoms with Crippen LogP contribution in [0, 0.1) is 0 Å². The number of ether oxygens (including phenoxy) is 3. The highest BCUT2D eigenvalue weighted by Crippen LogP contribution is 2.40. The van der Waals surface area contributed by atoms with Crippen LogP contribution in [0.2, 0.25) is 0 Å². The Hall–Kier alpha value is -3.39. The van der Waals surface area contributed by atoms with E-state index in [9.17, 15) is 14.7 Å². The lowest BCUT2D eigenvalue weighted by atomic mass is 9.96. The Morgan fingerprint density at radius 3 is 2.77 bits per heavy atom. The summed E-state index contributed by atoms with van der Waals surface area (Å²) in [6.45, 7) is 1.61. The fourth-order valence-corrected chi connectivity index (χ4v) is 3.72. The zero-order valence-corrected chi connectivity index (χ0v) is 16.5. The van der Waals surface area contributed by atoms with Gasteiger partial charge in [0, 0.05) is 38.2 Å². The summed E-state index contributed by atoms with van der Waals surface area (Å²) < 4.78 is 16.2. The topological polar surface area (TPSA) is 98.2 Å². The molecule has 1 aromatic carbocycles. The molecule has 0 bridgehead atoms. The number of fused-ring (bicyclic) bond motifs is 1. The number of aliphatic hydroxyl groups is 1. The van der Waals surface area contributed by atoms with Crippen LogP contribution >= 0.6 is 0 Å². The van der Waals surface area contributed by atoms with Crippen molar-refractivity contribution >= 4 is 17.4 Å². The SMILES string of the molecule is COCCCN1C(=O)C(=O)C(=C(O)c2ccc3c(c2)OCCO3)C1c1cccnc1. The molecule has 1 aromatic heterocycles. The Kier molecular flexibility index (Phi) is 5.67. The molecule has 0 radical (unpaired) electrons. The smallest absolute Gasteiger partial charge is 0.295 e. The maximum absolute atomic E-state index is 12.9. The number of nitrogens with zero attached hydrogens (tertiary/aromatic N) is 2. The largest absolute Gasteiger partial charge is 0.507 e. The molecule has 3 heterocycles. The Labute approximate surface area is 173 Å². The molecule has 4 rings (SSSR count). The van der Waals surface area contributed by atoms with E-state index in [2.05, 4.69) is 4.98 Å². The van der Waals surface area contributed by atoms with Crippen LogP contribution in [0.1, 0.15) is 23.6 Å². The van der Waals surface area contributed by atoms with Crippen LogP contribution in [0.25, 0.3) is 5.76 Å². The van der Waals surface area contributed by atoms with E-state index in [4.69, 9.17) is 14.2 Å². The number of aliphatic hydroxyl groups excluding tert-OH is 1. The van der Waals surface area contributed by atoms with Crippen LogP contribution in [-0.2, 0) is 14.3 Å². The number of pyridine rings is 1. The lowest BCUT2D eigenvalue weighted by Gasteiger charge is -2.25. The summed E-state index contributed by atoms with van der Waals surface area (Å²) in [6.07, 6.45) is 3.77. The van der Waals surface area contributed by atoms with Gasteiger partial charge in [-0.2, -0.15) is 0 Å². The molecule has 1 unspecified atom stereocenters. The van der Waals surface area contributed by atoms with Crippen molar-refractivity contribution < 1.29 is 28.9 Å². The molecule has 0 spiro atoms. The van der Waals surface area contributed by atoms with E-state index in [1.165, 1.54) is 4.90 Å². The average molecular weight is 410 g/mol. The molecular formula is C22H22N2O6. The maximum atomic E-state index is 12.9. The normalized spacial score (nSPS) is 19.9. The summed E-state index contributed by atoms with van der Waals surface area (Å²) in [5.41, 5.74) is 1.05. The molecule has 1 atom stereocenters. The van der Waals surface area contributed by atoms with E-state index in [0.29, 0.717) is 55.4 Å². The standard InChI is InChI=1S/C22H22N2O6/c1-28-9-3-8-24-19(15-4-2-7-23-13-15)18(21(26)22(24)27)20(25)14-5-6-16-17(12-14)30-11-10-29-16/h2,4-7,12-13,19,25H,3,8-11H2,1H3. The molecule has 0 saturated carbocycles. The first-order chi connectivity index (χ1) is 14.6. The van der Waals surface area contributed by atoms with Crippen molar-refractivity contribution in [3.8, 4) is 11.5 Å². The molecule has 2 aliphatic heterocycles. The minimum Gasteiger partial charge on any atom is -0.507 e. The van der Waals surface area contributed by atoms with Gasteiger partial charge in [-0.25, -0.2) is 0 Å². The van der Waals surface area contributed by atoms with Crippen molar-refractivity contribution in [2.24, 2.45) is 0 Å². The molecule has 1 fully saturated rings. The predicted molar refractivity (Wildman–Crippen MR) is 107 cm³/mol. The van der Waals surface area contributed by atoms with Gasteiger partial charge in [0.1, 0.15) is 19.0 Å². The first-order valence-corrected chi connectivity index (χ1v) is 9.69. The van der Waals surface area contributed by atoms with E-state index < -0.39 is 17.7 Å². The third-order valence-corrected chi connectivity index (χ3v) is 5.10. The van der Waals surface area contributed by atoms with Crippen LogP contribution in [0.15, 0.2) is 48.3 Å². The monoisotopic (exact) mass is 410 g/mol. The van der Waals surface area contributed by atoms with Crippen molar-refractivity contribution in [1.29, 1.82) is 0 Å². The minimum absolute atomic E-state index is 0.0297. The van der Waals surface area contributed by atoms with Crippen molar-refractivity contribution in [3.63, 3.8) is 0 Å². The molecule has 1 saturated heterocycles. The highest BCUT2D eigenvalue weighted by atomic mass is 16.6. The summed E-state index contributed by atoms with van der Waals surface area (Å²) in [5.74, 6) is -0.583. The van der Waals surface area contributed by atoms with Gasteiger partial charge in [0.25, 0.3) is 11.7 Å². The van der Waals surface area contributed by atoms with Crippen LogP contribution in [-0.4, -0.2) is 60.2 Å². The number of likely N-dealkylation sites (tertiary alicyclic amines) is 1. The zero-order valence-electron chi connectivity index (χ0n) is 16.5. The molecule has 1 N–H and O–H groups in total. The van der Waals surface area contributed by atoms with Gasteiger partial charge in [-0.05, 0) is 36.2 Å². The number of aromatic nitrogens is 1. The Balaban J connectivity index is 1.79. The lowest BCUT2D eigenvalue weighted by Crippen LogP contribution is -2.31. The molecular weight excluding hydrogens is 388 g/mol. The van der Waals surface area contributed by atoms with E-state index in [1.54, 1.807) is 49.8 Å². The predicted octanol–water partition coefficient (Wildman–Crippen LogP) is 2.31. The fourth-order valence-electron chi connectivity index (χ4n) is 3.72. The third kappa shape index (κ3) is 3.61. The van der Waals surface area contributed by atoms with Gasteiger partial charge in [-0.1, -0.05) is 6.07 Å². The van der Waals surface area contributed by atoms with Crippen molar-refractivity contribution in [2.45, 2.75) is 12.5 Å². The second kappa shape index (κ2) is 8.54. The maximum Gasteiger partial charge on any atom is 0.295 e. The van der Waals surface area contributed by atoms with Gasteiger partial charge >= 0.3 is 0 Å². The summed E-state index contributed by atoms with van der Waals surface area (Å²) >= 11 is 0. The van der Waals surface area contributed by atoms with Gasteiger partial charge in [-0.15, -0.1) is 0 Å². The molecule has 8 heteroatoms. The number of methoxy groups -OCH3 is 1. The summed E-state index contributed by atoms with van der Waals surface area (Å²) in [4.78, 5) is 31.3. The number of hydrogen-bond donors (Lipinski definition) is 1. The quantitative estimate of drug-likeness (QED) is 0.338. The van der Waals surface area contributed by atoms with Gasteiger partial charge in [0.2, 0.25) is 0 Å². The van der Waals surface area contributed by atoms with Gasteiger partial charge < -0.3 is 24.2 Å². The van der Waals surface area contributed by atoms with Crippen molar-refractivity contribution in [3.05, 3.63) is 59.4 Å². The number of hydrogen-bond acceptors (Lipinski definition) is 7. The highest BCUT2D eigenvalue weighted by molar-refractivity contribution is 6.46. The van der Waals surface area contributed by atoms with Gasteiger partial charge in [0.05, 0.1) is 11.6 Å². The van der Waals surface area contributed by atoms with Crippen molar-refractivity contribution in [2.75, 3.05) is 33.5 Å². The van der Waals surface area contributed by atoms with Crippen molar-refractivity contribution in [1.82, 2.24) is 9.88 Å². The Bertz CT molecular complexity index is 988. The van der Waals surface area contributed by atoms with Crippen LogP contribution in [0.3, 0.4) is 0 Å². The van der Waals surface area contributed by atoms with E-state index in [0.717, 1.165) is 0 Å². The first kappa shape index (κ1) is 19.9. The molecule has 2 aromatic rings. The highest BCUT2D eigenvalue weighted by Gasteiger charge is 2.46. The second-order valence-corrected chi connectivity index (χ2v) is 6.98. The van der Waals surface area contributed by atoms with E-state index in [-0.39, 0.29) is 11.3 Å². The van der Waals surface area contributed by atoms with E-state index in [1.807, 2.05) is 0 Å². The summed E-state index contributed by atoms with van der Waals surface area (Å²) in [5, 5.41) is 11.1. The molecule has 30 heavy (non-hydrogen) atoms. The molecule has 2 aliphatic rings. The molecule has 8 nitrogen and oxygen atoms in total. The lowest BCUT2D eigenvalue weighted by molar-refractivity contribution is -0.140. The van der Waals surface area contributed by atoms with Gasteiger partial charge in [0.15, 0.2) is 11.5 Å². The number of amides is 1. The number of Topliss-reactive ketones (excluding diaryl/α,β-unsaturated/α-hetero) is 1.